The van der Waals surface area contributed by atoms with Gasteiger partial charge in [0.05, 0.1) is 6.10 Å². The van der Waals surface area contributed by atoms with E-state index in [4.69, 9.17) is 0 Å². The number of rotatable bonds is 1. The Morgan fingerprint density at radius 1 is 1.18 bits per heavy atom. The smallest absolute Gasteiger partial charge is 0.0839 e. The van der Waals surface area contributed by atoms with Crippen LogP contribution in [0.1, 0.15) is 18.1 Å². The first kappa shape index (κ1) is 12.4. The molecule has 0 radical (unpaired) electrons. The van der Waals surface area contributed by atoms with Gasteiger partial charge in [0.2, 0.25) is 0 Å². The summed E-state index contributed by atoms with van der Waals surface area (Å²) < 4.78 is 0. The van der Waals surface area contributed by atoms with Gasteiger partial charge >= 0.3 is 0 Å². The van der Waals surface area contributed by atoms with E-state index in [0.29, 0.717) is 19.1 Å². The SMILES string of the molecule is Cc1cc(C)cc(N2CC(O)CNC(C)C2)c1. The molecule has 2 rings (SSSR count). The average Bonchev–Trinajstić information content (AvgIpc) is 2.39. The number of benzene rings is 1. The van der Waals surface area contributed by atoms with Gasteiger partial charge < -0.3 is 15.3 Å². The molecule has 2 atom stereocenters. The second kappa shape index (κ2) is 5.07. The van der Waals surface area contributed by atoms with Gasteiger partial charge in [-0.05, 0) is 44.0 Å². The maximum absolute atomic E-state index is 9.87. The third kappa shape index (κ3) is 3.20. The van der Waals surface area contributed by atoms with Crippen LogP contribution >= 0.6 is 0 Å². The van der Waals surface area contributed by atoms with Crippen LogP contribution in [0.5, 0.6) is 0 Å². The molecule has 1 aliphatic rings. The third-order valence-electron chi connectivity index (χ3n) is 3.20. The van der Waals surface area contributed by atoms with Crippen molar-refractivity contribution in [3.63, 3.8) is 0 Å². The normalized spacial score (nSPS) is 25.8. The van der Waals surface area contributed by atoms with E-state index in [2.05, 4.69) is 49.2 Å². The molecule has 2 N–H and O–H groups in total. The molecule has 17 heavy (non-hydrogen) atoms. The molecule has 0 bridgehead atoms. The summed E-state index contributed by atoms with van der Waals surface area (Å²) in [6.07, 6.45) is -0.291. The van der Waals surface area contributed by atoms with Crippen LogP contribution in [0.15, 0.2) is 18.2 Å². The van der Waals surface area contributed by atoms with Crippen molar-refractivity contribution in [2.75, 3.05) is 24.5 Å². The molecule has 0 spiro atoms. The third-order valence-corrected chi connectivity index (χ3v) is 3.20. The zero-order chi connectivity index (χ0) is 12.4. The van der Waals surface area contributed by atoms with Gasteiger partial charge in [-0.1, -0.05) is 6.07 Å². The molecule has 2 unspecified atom stereocenters. The van der Waals surface area contributed by atoms with E-state index in [1.54, 1.807) is 0 Å². The van der Waals surface area contributed by atoms with Crippen molar-refractivity contribution < 1.29 is 5.11 Å². The number of aliphatic hydroxyl groups is 1. The number of nitrogens with zero attached hydrogens (tertiary/aromatic N) is 1. The van der Waals surface area contributed by atoms with Crippen LogP contribution in [0.2, 0.25) is 0 Å². The first-order valence-corrected chi connectivity index (χ1v) is 6.29. The standard InChI is InChI=1S/C14H22N2O/c1-10-4-11(2)6-13(5-10)16-8-12(3)15-7-14(17)9-16/h4-6,12,14-15,17H,7-9H2,1-3H3. The lowest BCUT2D eigenvalue weighted by atomic mass is 10.1. The topological polar surface area (TPSA) is 35.5 Å². The maximum atomic E-state index is 9.87. The molecular formula is C14H22N2O. The number of aliphatic hydroxyl groups excluding tert-OH is 1. The van der Waals surface area contributed by atoms with Crippen LogP contribution in [0.3, 0.4) is 0 Å². The largest absolute Gasteiger partial charge is 0.390 e. The zero-order valence-electron chi connectivity index (χ0n) is 10.9. The van der Waals surface area contributed by atoms with Gasteiger partial charge in [-0.15, -0.1) is 0 Å². The van der Waals surface area contributed by atoms with Crippen molar-refractivity contribution >= 4 is 5.69 Å². The van der Waals surface area contributed by atoms with Crippen molar-refractivity contribution in [1.82, 2.24) is 5.32 Å². The Balaban J connectivity index is 2.24. The highest BCUT2D eigenvalue weighted by Gasteiger charge is 2.20. The summed E-state index contributed by atoms with van der Waals surface area (Å²) in [4.78, 5) is 2.27. The number of aryl methyl sites for hydroxylation is 2. The summed E-state index contributed by atoms with van der Waals surface area (Å²) in [5.74, 6) is 0. The van der Waals surface area contributed by atoms with Crippen molar-refractivity contribution in [2.24, 2.45) is 0 Å². The molecule has 3 nitrogen and oxygen atoms in total. The molecule has 94 valence electrons. The van der Waals surface area contributed by atoms with Crippen LogP contribution in [-0.4, -0.2) is 36.9 Å². The van der Waals surface area contributed by atoms with Gasteiger partial charge in [-0.3, -0.25) is 0 Å². The molecule has 1 saturated heterocycles. The van der Waals surface area contributed by atoms with E-state index in [-0.39, 0.29) is 6.10 Å². The van der Waals surface area contributed by atoms with Crippen LogP contribution in [-0.2, 0) is 0 Å². The van der Waals surface area contributed by atoms with Gasteiger partial charge in [0, 0.05) is 31.4 Å². The van der Waals surface area contributed by atoms with Crippen LogP contribution < -0.4 is 10.2 Å². The molecule has 0 amide bonds. The number of hydrogen-bond donors (Lipinski definition) is 2. The molecular weight excluding hydrogens is 212 g/mol. The zero-order valence-corrected chi connectivity index (χ0v) is 10.9. The molecule has 0 aromatic heterocycles. The fourth-order valence-electron chi connectivity index (χ4n) is 2.47. The van der Waals surface area contributed by atoms with E-state index < -0.39 is 0 Å². The van der Waals surface area contributed by atoms with E-state index in [9.17, 15) is 5.11 Å². The van der Waals surface area contributed by atoms with E-state index in [1.165, 1.54) is 16.8 Å². The monoisotopic (exact) mass is 234 g/mol. The minimum absolute atomic E-state index is 0.291. The fraction of sp³-hybridized carbons (Fsp3) is 0.571. The maximum Gasteiger partial charge on any atom is 0.0839 e. The number of β-amino-alcohol motifs (C(OH)–C–C–N with tert-alkyl or cyclic N) is 1. The van der Waals surface area contributed by atoms with E-state index in [1.807, 2.05) is 0 Å². The first-order chi connectivity index (χ1) is 8.04. The predicted molar refractivity (Wildman–Crippen MR) is 71.6 cm³/mol. The van der Waals surface area contributed by atoms with Gasteiger partial charge in [-0.25, -0.2) is 0 Å². The number of nitrogens with one attached hydrogen (secondary N) is 1. The Hall–Kier alpha value is -1.06. The highest BCUT2D eigenvalue weighted by atomic mass is 16.3. The molecule has 3 heteroatoms. The Morgan fingerprint density at radius 3 is 2.47 bits per heavy atom. The molecule has 1 fully saturated rings. The number of anilines is 1. The minimum Gasteiger partial charge on any atom is -0.390 e. The molecule has 1 aromatic rings. The molecule has 0 saturated carbocycles. The van der Waals surface area contributed by atoms with E-state index >= 15 is 0 Å². The minimum atomic E-state index is -0.291. The van der Waals surface area contributed by atoms with Gasteiger partial charge in [-0.2, -0.15) is 0 Å². The second-order valence-corrected chi connectivity index (χ2v) is 5.21. The van der Waals surface area contributed by atoms with E-state index in [0.717, 1.165) is 6.54 Å². The number of hydrogen-bond acceptors (Lipinski definition) is 3. The quantitative estimate of drug-likeness (QED) is 0.772. The predicted octanol–water partition coefficient (Wildman–Crippen LogP) is 1.46. The van der Waals surface area contributed by atoms with Crippen molar-refractivity contribution in [3.05, 3.63) is 29.3 Å². The highest BCUT2D eigenvalue weighted by Crippen LogP contribution is 2.20. The van der Waals surface area contributed by atoms with Crippen molar-refractivity contribution in [1.29, 1.82) is 0 Å². The van der Waals surface area contributed by atoms with Crippen LogP contribution in [0.4, 0.5) is 5.69 Å². The lowest BCUT2D eigenvalue weighted by Crippen LogP contribution is -2.35. The summed E-state index contributed by atoms with van der Waals surface area (Å²) in [5.41, 5.74) is 3.77. The van der Waals surface area contributed by atoms with Crippen LogP contribution in [0.25, 0.3) is 0 Å². The van der Waals surface area contributed by atoms with Gasteiger partial charge in [0.25, 0.3) is 0 Å². The molecule has 1 heterocycles. The van der Waals surface area contributed by atoms with Gasteiger partial charge in [0.1, 0.15) is 0 Å². The summed E-state index contributed by atoms with van der Waals surface area (Å²) in [6.45, 7) is 8.73. The summed E-state index contributed by atoms with van der Waals surface area (Å²) in [7, 11) is 0. The summed E-state index contributed by atoms with van der Waals surface area (Å²) in [5, 5.41) is 13.2. The van der Waals surface area contributed by atoms with Gasteiger partial charge in [0.15, 0.2) is 0 Å². The molecule has 1 aromatic carbocycles. The Labute approximate surface area is 103 Å². The van der Waals surface area contributed by atoms with Crippen molar-refractivity contribution in [3.8, 4) is 0 Å². The Bertz CT molecular complexity index is 360. The lowest BCUT2D eigenvalue weighted by Gasteiger charge is -2.26. The highest BCUT2D eigenvalue weighted by molar-refractivity contribution is 5.51. The first-order valence-electron chi connectivity index (χ1n) is 6.29. The second-order valence-electron chi connectivity index (χ2n) is 5.21. The summed E-state index contributed by atoms with van der Waals surface area (Å²) >= 11 is 0. The average molecular weight is 234 g/mol. The Kier molecular flexibility index (Phi) is 3.69. The van der Waals surface area contributed by atoms with Crippen molar-refractivity contribution in [2.45, 2.75) is 32.9 Å². The Morgan fingerprint density at radius 2 is 1.82 bits per heavy atom. The summed E-state index contributed by atoms with van der Waals surface area (Å²) in [6, 6.07) is 6.97. The molecule has 0 aliphatic carbocycles. The fourth-order valence-corrected chi connectivity index (χ4v) is 2.47. The van der Waals surface area contributed by atoms with Crippen LogP contribution in [0, 0.1) is 13.8 Å². The lowest BCUT2D eigenvalue weighted by molar-refractivity contribution is 0.183. The molecule has 1 aliphatic heterocycles.